The standard InChI is InChI=1S/C18H24N2O2/c1-5-15-7-2-10-20-18(15)16(6-1)13-19-9-4-11-21-14-17-8-3-12-22-17/h1-2,5-7,10,17,19H,3-4,8-9,11-14H2/t17-/m1/s1. The molecule has 4 heteroatoms. The minimum Gasteiger partial charge on any atom is -0.379 e. The van der Waals surface area contributed by atoms with Gasteiger partial charge in [-0.1, -0.05) is 24.3 Å². The van der Waals surface area contributed by atoms with E-state index in [9.17, 15) is 0 Å². The van der Waals surface area contributed by atoms with Crippen molar-refractivity contribution in [1.82, 2.24) is 10.3 Å². The van der Waals surface area contributed by atoms with Crippen molar-refractivity contribution < 1.29 is 9.47 Å². The lowest BCUT2D eigenvalue weighted by Gasteiger charge is -2.10. The fraction of sp³-hybridized carbons (Fsp3) is 0.500. The number of nitrogens with zero attached hydrogens (tertiary/aromatic N) is 1. The van der Waals surface area contributed by atoms with Gasteiger partial charge in [-0.15, -0.1) is 0 Å². The van der Waals surface area contributed by atoms with Crippen LogP contribution in [-0.4, -0.2) is 37.5 Å². The molecular weight excluding hydrogens is 276 g/mol. The predicted octanol–water partition coefficient (Wildman–Crippen LogP) is 2.91. The van der Waals surface area contributed by atoms with Crippen molar-refractivity contribution in [2.75, 3.05) is 26.4 Å². The van der Waals surface area contributed by atoms with Crippen molar-refractivity contribution in [3.63, 3.8) is 0 Å². The molecule has 1 aliphatic rings. The van der Waals surface area contributed by atoms with E-state index in [0.717, 1.165) is 51.3 Å². The number of fused-ring (bicyclic) bond motifs is 1. The molecule has 1 saturated heterocycles. The topological polar surface area (TPSA) is 43.4 Å². The summed E-state index contributed by atoms with van der Waals surface area (Å²) in [5, 5.41) is 4.67. The second-order valence-electron chi connectivity index (χ2n) is 5.73. The Labute approximate surface area is 131 Å². The normalized spacial score (nSPS) is 18.1. The smallest absolute Gasteiger partial charge is 0.0809 e. The molecule has 22 heavy (non-hydrogen) atoms. The van der Waals surface area contributed by atoms with Gasteiger partial charge in [0.2, 0.25) is 0 Å². The lowest BCUT2D eigenvalue weighted by molar-refractivity contribution is 0.0166. The van der Waals surface area contributed by atoms with Gasteiger partial charge >= 0.3 is 0 Å². The molecule has 0 spiro atoms. The molecule has 0 radical (unpaired) electrons. The van der Waals surface area contributed by atoms with E-state index in [1.54, 1.807) is 0 Å². The molecule has 2 heterocycles. The molecule has 1 aromatic carbocycles. The molecule has 0 amide bonds. The third-order valence-electron chi connectivity index (χ3n) is 4.00. The summed E-state index contributed by atoms with van der Waals surface area (Å²) in [6.07, 6.45) is 5.52. The molecule has 1 fully saturated rings. The quantitative estimate of drug-likeness (QED) is 0.761. The van der Waals surface area contributed by atoms with Gasteiger partial charge in [0.25, 0.3) is 0 Å². The van der Waals surface area contributed by atoms with Crippen molar-refractivity contribution in [2.45, 2.75) is 31.9 Å². The first kappa shape index (κ1) is 15.4. The summed E-state index contributed by atoms with van der Waals surface area (Å²) in [5.74, 6) is 0. The van der Waals surface area contributed by atoms with E-state index >= 15 is 0 Å². The van der Waals surface area contributed by atoms with Crippen LogP contribution in [0, 0.1) is 0 Å². The Bertz CT molecular complexity index is 577. The average molecular weight is 300 g/mol. The molecule has 1 atom stereocenters. The van der Waals surface area contributed by atoms with Crippen molar-refractivity contribution >= 4 is 10.9 Å². The van der Waals surface area contributed by atoms with Crippen LogP contribution in [0.15, 0.2) is 36.5 Å². The molecule has 0 aliphatic carbocycles. The monoisotopic (exact) mass is 300 g/mol. The maximum absolute atomic E-state index is 5.66. The van der Waals surface area contributed by atoms with Crippen LogP contribution < -0.4 is 5.32 Å². The van der Waals surface area contributed by atoms with Crippen molar-refractivity contribution in [1.29, 1.82) is 0 Å². The average Bonchev–Trinajstić information content (AvgIpc) is 3.07. The lowest BCUT2D eigenvalue weighted by Crippen LogP contribution is -2.19. The van der Waals surface area contributed by atoms with Gasteiger partial charge in [0.15, 0.2) is 0 Å². The van der Waals surface area contributed by atoms with Gasteiger partial charge in [0.05, 0.1) is 18.2 Å². The van der Waals surface area contributed by atoms with Crippen LogP contribution in [0.1, 0.15) is 24.8 Å². The number of rotatable bonds is 8. The summed E-state index contributed by atoms with van der Waals surface area (Å²) in [6, 6.07) is 10.4. The zero-order chi connectivity index (χ0) is 15.0. The maximum Gasteiger partial charge on any atom is 0.0809 e. The largest absolute Gasteiger partial charge is 0.379 e. The van der Waals surface area contributed by atoms with Crippen molar-refractivity contribution in [3.05, 3.63) is 42.1 Å². The van der Waals surface area contributed by atoms with E-state index in [1.165, 1.54) is 17.4 Å². The molecule has 1 aromatic heterocycles. The Hall–Kier alpha value is -1.49. The van der Waals surface area contributed by atoms with Crippen molar-refractivity contribution in [3.8, 4) is 0 Å². The Morgan fingerprint density at radius 1 is 1.27 bits per heavy atom. The number of hydrogen-bond acceptors (Lipinski definition) is 4. The van der Waals surface area contributed by atoms with E-state index < -0.39 is 0 Å². The lowest BCUT2D eigenvalue weighted by atomic mass is 10.1. The van der Waals surface area contributed by atoms with Crippen LogP contribution in [0.25, 0.3) is 10.9 Å². The van der Waals surface area contributed by atoms with Crippen LogP contribution in [0.2, 0.25) is 0 Å². The van der Waals surface area contributed by atoms with Crippen LogP contribution in [0.3, 0.4) is 0 Å². The van der Waals surface area contributed by atoms with Gasteiger partial charge in [0.1, 0.15) is 0 Å². The third-order valence-corrected chi connectivity index (χ3v) is 4.00. The molecule has 4 nitrogen and oxygen atoms in total. The van der Waals surface area contributed by atoms with Crippen LogP contribution >= 0.6 is 0 Å². The first-order chi connectivity index (χ1) is 10.9. The predicted molar refractivity (Wildman–Crippen MR) is 87.9 cm³/mol. The van der Waals surface area contributed by atoms with E-state index in [0.29, 0.717) is 6.10 Å². The number of para-hydroxylation sites is 1. The second kappa shape index (κ2) is 8.22. The summed E-state index contributed by atoms with van der Waals surface area (Å²) < 4.78 is 11.2. The fourth-order valence-corrected chi connectivity index (χ4v) is 2.82. The Balaban J connectivity index is 1.34. The van der Waals surface area contributed by atoms with Gasteiger partial charge < -0.3 is 14.8 Å². The zero-order valence-electron chi connectivity index (χ0n) is 13.0. The molecule has 2 aromatic rings. The number of pyridine rings is 1. The van der Waals surface area contributed by atoms with E-state index in [4.69, 9.17) is 9.47 Å². The molecule has 1 aliphatic heterocycles. The highest BCUT2D eigenvalue weighted by Gasteiger charge is 2.14. The number of nitrogens with one attached hydrogen (secondary N) is 1. The van der Waals surface area contributed by atoms with Gasteiger partial charge in [-0.2, -0.15) is 0 Å². The van der Waals surface area contributed by atoms with Crippen LogP contribution in [0.4, 0.5) is 0 Å². The second-order valence-corrected chi connectivity index (χ2v) is 5.73. The van der Waals surface area contributed by atoms with E-state index in [1.807, 2.05) is 12.3 Å². The van der Waals surface area contributed by atoms with Gasteiger partial charge in [-0.05, 0) is 37.4 Å². The maximum atomic E-state index is 5.66. The molecule has 1 N–H and O–H groups in total. The van der Waals surface area contributed by atoms with E-state index in [2.05, 4.69) is 34.6 Å². The summed E-state index contributed by atoms with van der Waals surface area (Å²) >= 11 is 0. The third kappa shape index (κ3) is 4.26. The van der Waals surface area contributed by atoms with E-state index in [-0.39, 0.29) is 0 Å². The summed E-state index contributed by atoms with van der Waals surface area (Å²) in [4.78, 5) is 4.48. The molecular formula is C18H24N2O2. The minimum absolute atomic E-state index is 0.328. The van der Waals surface area contributed by atoms with Crippen LogP contribution in [0.5, 0.6) is 0 Å². The van der Waals surface area contributed by atoms with Crippen molar-refractivity contribution in [2.24, 2.45) is 0 Å². The molecule has 0 unspecified atom stereocenters. The number of ether oxygens (including phenoxy) is 2. The Morgan fingerprint density at radius 2 is 2.23 bits per heavy atom. The fourth-order valence-electron chi connectivity index (χ4n) is 2.82. The highest BCUT2D eigenvalue weighted by molar-refractivity contribution is 5.81. The molecule has 3 rings (SSSR count). The highest BCUT2D eigenvalue weighted by atomic mass is 16.5. The highest BCUT2D eigenvalue weighted by Crippen LogP contribution is 2.15. The Morgan fingerprint density at radius 3 is 3.14 bits per heavy atom. The van der Waals surface area contributed by atoms with Gasteiger partial charge in [-0.3, -0.25) is 4.98 Å². The van der Waals surface area contributed by atoms with Gasteiger partial charge in [0, 0.05) is 31.3 Å². The Kier molecular flexibility index (Phi) is 5.76. The summed E-state index contributed by atoms with van der Waals surface area (Å²) in [6.45, 7) is 4.23. The summed E-state index contributed by atoms with van der Waals surface area (Å²) in [5.41, 5.74) is 2.34. The number of benzene rings is 1. The van der Waals surface area contributed by atoms with Crippen LogP contribution in [-0.2, 0) is 16.0 Å². The van der Waals surface area contributed by atoms with Gasteiger partial charge in [-0.25, -0.2) is 0 Å². The SMILES string of the molecule is c1cnc2c(CNCCCOC[C@H]3CCCO3)cccc2c1. The summed E-state index contributed by atoms with van der Waals surface area (Å²) in [7, 11) is 0. The zero-order valence-corrected chi connectivity index (χ0v) is 13.0. The first-order valence-electron chi connectivity index (χ1n) is 8.16. The number of aromatic nitrogens is 1. The minimum atomic E-state index is 0.328. The first-order valence-corrected chi connectivity index (χ1v) is 8.16. The molecule has 0 saturated carbocycles. The molecule has 0 bridgehead atoms. The number of hydrogen-bond donors (Lipinski definition) is 1. The molecule has 118 valence electrons.